The minimum absolute atomic E-state index is 0.119. The predicted octanol–water partition coefficient (Wildman–Crippen LogP) is 6.94. The van der Waals surface area contributed by atoms with Gasteiger partial charge in [0.25, 0.3) is 0 Å². The van der Waals surface area contributed by atoms with Gasteiger partial charge in [0.05, 0.1) is 34.3 Å². The number of benzene rings is 3. The van der Waals surface area contributed by atoms with Gasteiger partial charge in [-0.15, -0.1) is 0 Å². The topological polar surface area (TPSA) is 93.6 Å². The quantitative estimate of drug-likeness (QED) is 0.131. The van der Waals surface area contributed by atoms with Crippen molar-refractivity contribution in [1.29, 1.82) is 0 Å². The van der Waals surface area contributed by atoms with E-state index in [1.807, 2.05) is 25.1 Å². The Balaban J connectivity index is 1.27. The number of aromatic nitrogens is 1. The van der Waals surface area contributed by atoms with Crippen LogP contribution in [0.5, 0.6) is 0 Å². The molecule has 1 aliphatic heterocycles. The van der Waals surface area contributed by atoms with E-state index in [4.69, 9.17) is 9.72 Å². The summed E-state index contributed by atoms with van der Waals surface area (Å²) < 4.78 is 6.32. The van der Waals surface area contributed by atoms with Crippen LogP contribution in [-0.4, -0.2) is 35.2 Å². The van der Waals surface area contributed by atoms with Crippen LogP contribution in [-0.2, 0) is 14.3 Å². The molecule has 1 saturated heterocycles. The maximum atomic E-state index is 13.3. The van der Waals surface area contributed by atoms with Crippen LogP contribution in [0.2, 0.25) is 0 Å². The van der Waals surface area contributed by atoms with Crippen molar-refractivity contribution in [3.63, 3.8) is 0 Å². The molecule has 3 aromatic carbocycles. The zero-order valence-electron chi connectivity index (χ0n) is 23.3. The van der Waals surface area contributed by atoms with Crippen LogP contribution >= 0.6 is 15.9 Å². The molecule has 42 heavy (non-hydrogen) atoms. The van der Waals surface area contributed by atoms with E-state index in [-0.39, 0.29) is 29.4 Å². The van der Waals surface area contributed by atoms with Gasteiger partial charge in [-0.25, -0.2) is 9.78 Å². The van der Waals surface area contributed by atoms with Crippen molar-refractivity contribution in [3.8, 4) is 11.3 Å². The summed E-state index contributed by atoms with van der Waals surface area (Å²) in [5.74, 6) is -1.20. The summed E-state index contributed by atoms with van der Waals surface area (Å²) in [4.78, 5) is 58.3. The van der Waals surface area contributed by atoms with Gasteiger partial charge in [0.2, 0.25) is 11.8 Å². The van der Waals surface area contributed by atoms with Crippen molar-refractivity contribution in [2.45, 2.75) is 33.1 Å². The molecule has 6 rings (SSSR count). The third-order valence-electron chi connectivity index (χ3n) is 8.29. The number of pyridine rings is 1. The number of imide groups is 1. The Hall–Kier alpha value is -4.17. The molecule has 1 aromatic heterocycles. The lowest BCUT2D eigenvalue weighted by Crippen LogP contribution is -2.30. The van der Waals surface area contributed by atoms with Gasteiger partial charge in [-0.2, -0.15) is 0 Å². The molecule has 2 heterocycles. The van der Waals surface area contributed by atoms with Crippen LogP contribution in [0.25, 0.3) is 22.2 Å². The molecule has 212 valence electrons. The summed E-state index contributed by atoms with van der Waals surface area (Å²) in [5, 5.41) is 0.626. The van der Waals surface area contributed by atoms with Gasteiger partial charge < -0.3 is 4.74 Å². The molecule has 3 unspecified atom stereocenters. The zero-order chi connectivity index (χ0) is 29.5. The number of amides is 2. The Morgan fingerprint density at radius 1 is 0.929 bits per heavy atom. The summed E-state index contributed by atoms with van der Waals surface area (Å²) in [7, 11) is 0. The first-order valence-corrected chi connectivity index (χ1v) is 14.8. The Kier molecular flexibility index (Phi) is 7.49. The predicted molar refractivity (Wildman–Crippen MR) is 163 cm³/mol. The highest BCUT2D eigenvalue weighted by Gasteiger charge is 2.49. The molecular formula is C34H29BrN2O5. The van der Waals surface area contributed by atoms with Crippen LogP contribution in [0.1, 0.15) is 52.5 Å². The zero-order valence-corrected chi connectivity index (χ0v) is 24.9. The third-order valence-corrected chi connectivity index (χ3v) is 8.82. The fourth-order valence-electron chi connectivity index (χ4n) is 6.01. The molecule has 1 saturated carbocycles. The van der Waals surface area contributed by atoms with E-state index in [2.05, 4.69) is 22.9 Å². The number of anilines is 1. The second-order valence-electron chi connectivity index (χ2n) is 11.3. The van der Waals surface area contributed by atoms with Gasteiger partial charge in [-0.05, 0) is 74.6 Å². The van der Waals surface area contributed by atoms with Gasteiger partial charge in [-0.3, -0.25) is 19.3 Å². The van der Waals surface area contributed by atoms with E-state index in [1.165, 1.54) is 4.90 Å². The molecule has 0 radical (unpaired) electrons. The van der Waals surface area contributed by atoms with E-state index in [1.54, 1.807) is 54.6 Å². The second kappa shape index (κ2) is 11.2. The molecule has 2 fully saturated rings. The highest BCUT2D eigenvalue weighted by molar-refractivity contribution is 9.10. The maximum Gasteiger partial charge on any atom is 0.339 e. The van der Waals surface area contributed by atoms with E-state index in [0.717, 1.165) is 29.3 Å². The molecule has 0 bridgehead atoms. The number of halogens is 1. The van der Waals surface area contributed by atoms with Crippen molar-refractivity contribution in [2.24, 2.45) is 17.8 Å². The number of ketones is 1. The Labute approximate surface area is 252 Å². The largest absolute Gasteiger partial charge is 0.454 e. The minimum Gasteiger partial charge on any atom is -0.454 e. The normalized spacial score (nSPS) is 20.1. The van der Waals surface area contributed by atoms with E-state index >= 15 is 0 Å². The number of ether oxygens (including phenoxy) is 1. The summed E-state index contributed by atoms with van der Waals surface area (Å²) in [6, 6.07) is 21.3. The molecule has 2 amide bonds. The fourth-order valence-corrected chi connectivity index (χ4v) is 6.27. The number of fused-ring (bicyclic) bond motifs is 2. The lowest BCUT2D eigenvalue weighted by molar-refractivity contribution is -0.122. The van der Waals surface area contributed by atoms with E-state index in [0.29, 0.717) is 44.9 Å². The number of Topliss-reactive ketones (excluding diaryl/α,β-unsaturated/α-hetero) is 1. The van der Waals surface area contributed by atoms with Crippen molar-refractivity contribution in [3.05, 3.63) is 94.0 Å². The number of aryl methyl sites for hydroxylation is 1. The monoisotopic (exact) mass is 624 g/mol. The maximum absolute atomic E-state index is 13.3. The molecule has 2 aliphatic rings. The van der Waals surface area contributed by atoms with Gasteiger partial charge >= 0.3 is 5.97 Å². The Morgan fingerprint density at radius 3 is 2.38 bits per heavy atom. The third kappa shape index (κ3) is 5.27. The van der Waals surface area contributed by atoms with Crippen molar-refractivity contribution in [1.82, 2.24) is 4.98 Å². The smallest absolute Gasteiger partial charge is 0.339 e. The molecule has 1 aliphatic carbocycles. The van der Waals surface area contributed by atoms with Gasteiger partial charge in [0.1, 0.15) is 0 Å². The van der Waals surface area contributed by atoms with Crippen LogP contribution in [0, 0.1) is 24.7 Å². The van der Waals surface area contributed by atoms with E-state index < -0.39 is 12.6 Å². The summed E-state index contributed by atoms with van der Waals surface area (Å²) in [5.41, 5.74) is 4.10. The summed E-state index contributed by atoms with van der Waals surface area (Å²) >= 11 is 3.35. The second-order valence-corrected chi connectivity index (χ2v) is 12.2. The lowest BCUT2D eigenvalue weighted by Gasteiger charge is -2.25. The number of carbonyl (C=O) groups is 4. The highest BCUT2D eigenvalue weighted by Crippen LogP contribution is 2.42. The first-order chi connectivity index (χ1) is 20.2. The first kappa shape index (κ1) is 28.0. The van der Waals surface area contributed by atoms with Crippen LogP contribution < -0.4 is 4.90 Å². The van der Waals surface area contributed by atoms with Crippen molar-refractivity contribution < 1.29 is 23.9 Å². The molecular weight excluding hydrogens is 596 g/mol. The molecule has 3 atom stereocenters. The fraction of sp³-hybridized carbons (Fsp3) is 0.265. The summed E-state index contributed by atoms with van der Waals surface area (Å²) in [6.45, 7) is 3.67. The van der Waals surface area contributed by atoms with Crippen molar-refractivity contribution in [2.75, 3.05) is 11.5 Å². The standard InChI is InChI=1S/C34H29BrN2O5/c1-19-3-13-25-27(16-19)33(40)37(32(25)39)24-11-7-21(8-12-24)30-17-28(26-15-20(2)4-14-29(26)36-30)34(41)42-18-31(38)22-5-9-23(35)10-6-22/h4-12,14-15,17,19,25,27H,3,13,16,18H2,1-2H3. The van der Waals surface area contributed by atoms with Gasteiger partial charge in [-0.1, -0.05) is 58.7 Å². The number of nitrogens with zero attached hydrogens (tertiary/aromatic N) is 2. The summed E-state index contributed by atoms with van der Waals surface area (Å²) in [6.07, 6.45) is 2.46. The number of hydrogen-bond acceptors (Lipinski definition) is 6. The molecule has 4 aromatic rings. The SMILES string of the molecule is Cc1ccc2nc(-c3ccc(N4C(=O)C5CCC(C)CC5C4=O)cc3)cc(C(=O)OCC(=O)c3ccc(Br)cc3)c2c1. The average Bonchev–Trinajstić information content (AvgIpc) is 3.24. The average molecular weight is 626 g/mol. The molecule has 8 heteroatoms. The lowest BCUT2D eigenvalue weighted by atomic mass is 9.76. The Morgan fingerprint density at radius 2 is 1.64 bits per heavy atom. The van der Waals surface area contributed by atoms with Crippen LogP contribution in [0.3, 0.4) is 0 Å². The number of esters is 1. The molecule has 7 nitrogen and oxygen atoms in total. The van der Waals surface area contributed by atoms with Crippen molar-refractivity contribution >= 4 is 56.1 Å². The van der Waals surface area contributed by atoms with E-state index in [9.17, 15) is 19.2 Å². The first-order valence-electron chi connectivity index (χ1n) is 14.0. The molecule has 0 N–H and O–H groups in total. The number of carbonyl (C=O) groups excluding carboxylic acids is 4. The number of rotatable bonds is 6. The van der Waals surface area contributed by atoms with Crippen LogP contribution in [0.15, 0.2) is 77.3 Å². The Bertz CT molecular complexity index is 1730. The van der Waals surface area contributed by atoms with Gasteiger partial charge in [0.15, 0.2) is 12.4 Å². The number of hydrogen-bond donors (Lipinski definition) is 0. The van der Waals surface area contributed by atoms with Crippen LogP contribution in [0.4, 0.5) is 5.69 Å². The molecule has 0 spiro atoms. The minimum atomic E-state index is -0.624. The highest BCUT2D eigenvalue weighted by atomic mass is 79.9. The van der Waals surface area contributed by atoms with Gasteiger partial charge in [0, 0.05) is 21.0 Å².